The molecule has 0 aliphatic carbocycles. The monoisotopic (exact) mass is 314 g/mol. The number of thioether (sulfide) groups is 1. The Kier molecular flexibility index (Phi) is 4.69. The van der Waals surface area contributed by atoms with Crippen molar-refractivity contribution in [3.05, 3.63) is 0 Å². The fraction of sp³-hybridized carbons (Fsp3) is 0.900. The number of amides is 2. The Balaban J connectivity index is 2.07. The number of urea groups is 1. The van der Waals surface area contributed by atoms with E-state index in [1.54, 1.807) is 0 Å². The first-order valence-corrected chi connectivity index (χ1v) is 7.08. The second kappa shape index (κ2) is 5.98. The molecule has 0 aromatic heterocycles. The quantitative estimate of drug-likeness (QED) is 0.503. The number of rotatable bonds is 4. The van der Waals surface area contributed by atoms with Crippen LogP contribution >= 0.6 is 11.8 Å². The summed E-state index contributed by atoms with van der Waals surface area (Å²) in [4.78, 5) is 12.6. The molecule has 20 heavy (non-hydrogen) atoms. The van der Waals surface area contributed by atoms with Gasteiger partial charge in [-0.25, -0.2) is 4.79 Å². The van der Waals surface area contributed by atoms with Gasteiger partial charge in [-0.05, 0) is 6.42 Å². The molecule has 0 aromatic carbocycles. The number of ether oxygens (including phenoxy) is 1. The van der Waals surface area contributed by atoms with Gasteiger partial charge in [0.2, 0.25) is 6.23 Å². The van der Waals surface area contributed by atoms with Gasteiger partial charge in [0.25, 0.3) is 0 Å². The second-order valence-corrected chi connectivity index (χ2v) is 5.71. The average Bonchev–Trinajstić information content (AvgIpc) is 2.62. The van der Waals surface area contributed by atoms with Crippen molar-refractivity contribution in [3.63, 3.8) is 0 Å². The highest BCUT2D eigenvalue weighted by atomic mass is 32.2. The molecule has 2 heterocycles. The van der Waals surface area contributed by atoms with Gasteiger partial charge in [-0.1, -0.05) is 0 Å². The molecule has 0 saturated carbocycles. The van der Waals surface area contributed by atoms with Crippen LogP contribution < -0.4 is 5.32 Å². The summed E-state index contributed by atoms with van der Waals surface area (Å²) in [6, 6.07) is -0.752. The predicted octanol–water partition coefficient (Wildman–Crippen LogP) is -0.876. The molecule has 2 rings (SSSR count). The van der Waals surface area contributed by atoms with Crippen LogP contribution in [0.1, 0.15) is 6.42 Å². The van der Waals surface area contributed by atoms with Gasteiger partial charge in [0.05, 0.1) is 17.9 Å². The van der Waals surface area contributed by atoms with Crippen molar-refractivity contribution in [2.45, 2.75) is 36.2 Å². The molecule has 10 heteroatoms. The fourth-order valence-corrected chi connectivity index (χ4v) is 2.87. The number of halogens is 2. The zero-order valence-corrected chi connectivity index (χ0v) is 11.2. The van der Waals surface area contributed by atoms with Crippen molar-refractivity contribution in [2.75, 3.05) is 19.1 Å². The van der Waals surface area contributed by atoms with Crippen LogP contribution in [0.2, 0.25) is 0 Å². The molecule has 0 aromatic rings. The summed E-state index contributed by atoms with van der Waals surface area (Å²) in [6.45, 7) is -0.750. The second-order valence-electron chi connectivity index (χ2n) is 4.54. The van der Waals surface area contributed by atoms with Crippen molar-refractivity contribution < 1.29 is 33.6 Å². The normalized spacial score (nSPS) is 37.0. The SMILES string of the molecule is O=C1NC(SCO)CCN1[C@@H]1O[C@H](CO)[C@@H](O)C1(F)F. The van der Waals surface area contributed by atoms with E-state index in [1.165, 1.54) is 0 Å². The third kappa shape index (κ3) is 2.70. The van der Waals surface area contributed by atoms with Gasteiger partial charge in [0.1, 0.15) is 6.10 Å². The van der Waals surface area contributed by atoms with E-state index in [2.05, 4.69) is 5.32 Å². The number of aliphatic hydroxyl groups is 3. The minimum atomic E-state index is -3.65. The number of hydrogen-bond donors (Lipinski definition) is 4. The first-order valence-electron chi connectivity index (χ1n) is 6.03. The maximum absolute atomic E-state index is 13.9. The maximum atomic E-state index is 13.9. The van der Waals surface area contributed by atoms with Crippen molar-refractivity contribution in [2.24, 2.45) is 0 Å². The molecular formula is C10H16F2N2O5S. The minimum absolute atomic E-state index is 0.00856. The highest BCUT2D eigenvalue weighted by Gasteiger charge is 2.61. The van der Waals surface area contributed by atoms with Crippen molar-refractivity contribution in [1.82, 2.24) is 10.2 Å². The van der Waals surface area contributed by atoms with Crippen molar-refractivity contribution in [1.29, 1.82) is 0 Å². The number of aliphatic hydroxyl groups excluding tert-OH is 3. The van der Waals surface area contributed by atoms with E-state index >= 15 is 0 Å². The number of carbonyl (C=O) groups is 1. The van der Waals surface area contributed by atoms with E-state index in [0.29, 0.717) is 6.42 Å². The van der Waals surface area contributed by atoms with Gasteiger partial charge >= 0.3 is 12.0 Å². The molecule has 1 unspecified atom stereocenters. The molecule has 2 aliphatic rings. The van der Waals surface area contributed by atoms with Crippen LogP contribution in [-0.4, -0.2) is 75.1 Å². The van der Waals surface area contributed by atoms with Crippen LogP contribution in [0.15, 0.2) is 0 Å². The van der Waals surface area contributed by atoms with Crippen molar-refractivity contribution in [3.8, 4) is 0 Å². The third-order valence-electron chi connectivity index (χ3n) is 3.30. The average molecular weight is 314 g/mol. The van der Waals surface area contributed by atoms with Gasteiger partial charge in [0, 0.05) is 6.54 Å². The standard InChI is InChI=1S/C10H16F2N2O5S/c11-10(12)7(17)5(3-15)19-8(10)14-2-1-6(20-4-16)13-9(14)18/h5-8,15-17H,1-4H2,(H,13,18)/t5-,6?,7-,8-/m1/s1. The largest absolute Gasteiger partial charge is 0.394 e. The van der Waals surface area contributed by atoms with Crippen LogP contribution in [0.5, 0.6) is 0 Å². The van der Waals surface area contributed by atoms with Gasteiger partial charge in [-0.15, -0.1) is 11.8 Å². The summed E-state index contributed by atoms with van der Waals surface area (Å²) < 4.78 is 32.7. The van der Waals surface area contributed by atoms with E-state index in [1.807, 2.05) is 0 Å². The summed E-state index contributed by atoms with van der Waals surface area (Å²) in [5, 5.41) is 29.2. The Morgan fingerprint density at radius 3 is 2.70 bits per heavy atom. The summed E-state index contributed by atoms with van der Waals surface area (Å²) in [7, 11) is 0. The van der Waals surface area contributed by atoms with E-state index in [4.69, 9.17) is 14.9 Å². The third-order valence-corrected chi connectivity index (χ3v) is 4.20. The van der Waals surface area contributed by atoms with Gasteiger partial charge in [-0.3, -0.25) is 4.90 Å². The number of hydrogen-bond acceptors (Lipinski definition) is 6. The van der Waals surface area contributed by atoms with E-state index < -0.39 is 37.0 Å². The molecule has 4 N–H and O–H groups in total. The summed E-state index contributed by atoms with van der Waals surface area (Å²) in [6.07, 6.45) is -5.14. The Labute approximate surface area is 117 Å². The molecular weight excluding hydrogens is 298 g/mol. The zero-order valence-electron chi connectivity index (χ0n) is 10.4. The van der Waals surface area contributed by atoms with Gasteiger partial charge in [-0.2, -0.15) is 8.78 Å². The molecule has 4 atom stereocenters. The molecule has 0 radical (unpaired) electrons. The molecule has 0 bridgehead atoms. The Morgan fingerprint density at radius 2 is 2.20 bits per heavy atom. The summed E-state index contributed by atoms with van der Waals surface area (Å²) >= 11 is 1.09. The van der Waals surface area contributed by atoms with Crippen LogP contribution in [0.25, 0.3) is 0 Å². The highest BCUT2D eigenvalue weighted by Crippen LogP contribution is 2.38. The first-order chi connectivity index (χ1) is 9.41. The fourth-order valence-electron chi connectivity index (χ4n) is 2.24. The Morgan fingerprint density at radius 1 is 1.50 bits per heavy atom. The maximum Gasteiger partial charge on any atom is 0.320 e. The summed E-state index contributed by atoms with van der Waals surface area (Å²) in [5.41, 5.74) is 0. The molecule has 7 nitrogen and oxygen atoms in total. The number of nitrogens with one attached hydrogen (secondary N) is 1. The molecule has 116 valence electrons. The smallest absolute Gasteiger partial charge is 0.320 e. The topological polar surface area (TPSA) is 102 Å². The lowest BCUT2D eigenvalue weighted by Crippen LogP contribution is -2.59. The first kappa shape index (κ1) is 15.7. The number of carbonyl (C=O) groups excluding carboxylic acids is 1. The van der Waals surface area contributed by atoms with Crippen LogP contribution in [-0.2, 0) is 4.74 Å². The zero-order chi connectivity index (χ0) is 14.9. The molecule has 2 fully saturated rings. The van der Waals surface area contributed by atoms with E-state index in [0.717, 1.165) is 16.7 Å². The molecule has 2 saturated heterocycles. The Bertz CT molecular complexity index is 376. The van der Waals surface area contributed by atoms with E-state index in [9.17, 15) is 18.7 Å². The van der Waals surface area contributed by atoms with Crippen molar-refractivity contribution >= 4 is 17.8 Å². The van der Waals surface area contributed by atoms with Crippen LogP contribution in [0, 0.1) is 0 Å². The predicted molar refractivity (Wildman–Crippen MR) is 65.0 cm³/mol. The highest BCUT2D eigenvalue weighted by molar-refractivity contribution is 7.99. The Hall–Kier alpha value is -0.680. The molecule has 2 aliphatic heterocycles. The lowest BCUT2D eigenvalue weighted by atomic mass is 10.1. The summed E-state index contributed by atoms with van der Waals surface area (Å²) in [5.74, 6) is -3.84. The lowest BCUT2D eigenvalue weighted by Gasteiger charge is -2.37. The molecule has 2 amide bonds. The van der Waals surface area contributed by atoms with Gasteiger partial charge < -0.3 is 25.4 Å². The lowest BCUT2D eigenvalue weighted by molar-refractivity contribution is -0.156. The molecule has 0 spiro atoms. The number of nitrogens with zero attached hydrogens (tertiary/aromatic N) is 1. The van der Waals surface area contributed by atoms with E-state index in [-0.39, 0.29) is 17.9 Å². The van der Waals surface area contributed by atoms with Gasteiger partial charge in [0.15, 0.2) is 6.10 Å². The van der Waals surface area contributed by atoms with Crippen LogP contribution in [0.4, 0.5) is 13.6 Å². The minimum Gasteiger partial charge on any atom is -0.394 e. The van der Waals surface area contributed by atoms with Crippen LogP contribution in [0.3, 0.4) is 0 Å². The number of alkyl halides is 2.